The van der Waals surface area contributed by atoms with E-state index >= 15 is 0 Å². The van der Waals surface area contributed by atoms with Crippen molar-refractivity contribution in [1.29, 1.82) is 0 Å². The molecule has 2 heterocycles. The minimum atomic E-state index is 0. The summed E-state index contributed by atoms with van der Waals surface area (Å²) in [6, 6.07) is 0. The molecule has 0 N–H and O–H groups in total. The molecule has 2 aliphatic heterocycles. The monoisotopic (exact) mass is 580 g/mol. The number of likely N-dealkylation sites (N-methyl/N-ethyl adjacent to an activating group) is 2. The van der Waals surface area contributed by atoms with Gasteiger partial charge in [-0.2, -0.15) is 0 Å². The quantitative estimate of drug-likeness (QED) is 0.214. The van der Waals surface area contributed by atoms with Crippen molar-refractivity contribution < 1.29 is 43.4 Å². The maximum absolute atomic E-state index is 12.0. The van der Waals surface area contributed by atoms with Crippen molar-refractivity contribution in [3.8, 4) is 0 Å². The van der Waals surface area contributed by atoms with Gasteiger partial charge in [0.05, 0.1) is 79.5 Å². The largest absolute Gasteiger partial charge is 1.00 e. The molecular weight excluding hydrogens is 547 g/mol. The van der Waals surface area contributed by atoms with Gasteiger partial charge in [-0.3, -0.25) is 9.59 Å². The van der Waals surface area contributed by atoms with Crippen molar-refractivity contribution >= 4 is 43.7 Å². The van der Waals surface area contributed by atoms with E-state index in [1.54, 1.807) is 0 Å². The van der Waals surface area contributed by atoms with Gasteiger partial charge in [-0.05, 0) is 0 Å². The molecule has 0 aromatic rings. The molecule has 0 radical (unpaired) electrons. The number of quaternary nitrogens is 2. The standard InChI is InChI=1S/C19H36Br2N4O2.2ClH/c1-24(14-8-22(9-15-24)18(26)4-6-20)12-3-13-25(2)16-10-23(11-17-25)19(27)5-7-21;;/h3-17H2,1-2H3;2*1H/q+2;;/p-2. The normalized spacial score (nSPS) is 20.4. The highest BCUT2D eigenvalue weighted by atomic mass is 79.9. The predicted octanol–water partition coefficient (Wildman–Crippen LogP) is -4.47. The number of amides is 2. The summed E-state index contributed by atoms with van der Waals surface area (Å²) in [4.78, 5) is 28.1. The van der Waals surface area contributed by atoms with E-state index in [9.17, 15) is 9.59 Å². The Balaban J connectivity index is 0.00000392. The topological polar surface area (TPSA) is 40.6 Å². The Bertz CT molecular complexity index is 468. The summed E-state index contributed by atoms with van der Waals surface area (Å²) in [5, 5.41) is 1.51. The summed E-state index contributed by atoms with van der Waals surface area (Å²) in [7, 11) is 4.67. The number of halogens is 4. The van der Waals surface area contributed by atoms with Crippen LogP contribution in [0.1, 0.15) is 19.3 Å². The Morgan fingerprint density at radius 1 is 0.724 bits per heavy atom. The average Bonchev–Trinajstić information content (AvgIpc) is 2.63. The van der Waals surface area contributed by atoms with Crippen LogP contribution < -0.4 is 24.8 Å². The fourth-order valence-corrected chi connectivity index (χ4v) is 4.83. The third-order valence-electron chi connectivity index (χ3n) is 6.36. The Morgan fingerprint density at radius 2 is 1.03 bits per heavy atom. The second-order valence-corrected chi connectivity index (χ2v) is 10.2. The average molecular weight is 583 g/mol. The SMILES string of the molecule is C[N+]1(CCC[N+]2(C)CCN(C(=O)CCBr)CC2)CCN(C(=O)CCBr)CC1.[Cl-].[Cl-]. The molecule has 2 rings (SSSR count). The lowest BCUT2D eigenvalue weighted by Gasteiger charge is -2.44. The van der Waals surface area contributed by atoms with Gasteiger partial charge in [-0.1, -0.05) is 31.9 Å². The highest BCUT2D eigenvalue weighted by Crippen LogP contribution is 2.16. The van der Waals surface area contributed by atoms with Gasteiger partial charge in [0.1, 0.15) is 0 Å². The second kappa shape index (κ2) is 13.7. The highest BCUT2D eigenvalue weighted by Gasteiger charge is 2.33. The summed E-state index contributed by atoms with van der Waals surface area (Å²) in [6.45, 7) is 10.2. The number of piperazine rings is 2. The van der Waals surface area contributed by atoms with Gasteiger partial charge in [0.2, 0.25) is 11.8 Å². The van der Waals surface area contributed by atoms with Gasteiger partial charge in [-0.15, -0.1) is 0 Å². The molecule has 2 fully saturated rings. The Morgan fingerprint density at radius 3 is 1.31 bits per heavy atom. The van der Waals surface area contributed by atoms with Crippen LogP contribution in [0.5, 0.6) is 0 Å². The van der Waals surface area contributed by atoms with E-state index < -0.39 is 0 Å². The molecule has 6 nitrogen and oxygen atoms in total. The first-order valence-corrected chi connectivity index (χ1v) is 12.4. The first kappa shape index (κ1) is 29.4. The molecule has 0 spiro atoms. The van der Waals surface area contributed by atoms with Gasteiger partial charge in [-0.25, -0.2) is 0 Å². The summed E-state index contributed by atoms with van der Waals surface area (Å²) in [5.74, 6) is 0.562. The number of carbonyl (C=O) groups is 2. The molecule has 0 bridgehead atoms. The molecule has 29 heavy (non-hydrogen) atoms. The zero-order chi connectivity index (χ0) is 19.9. The van der Waals surface area contributed by atoms with Crippen molar-refractivity contribution in [1.82, 2.24) is 9.80 Å². The van der Waals surface area contributed by atoms with Crippen molar-refractivity contribution in [3.63, 3.8) is 0 Å². The number of hydrogen-bond acceptors (Lipinski definition) is 2. The van der Waals surface area contributed by atoms with Crippen LogP contribution in [-0.2, 0) is 9.59 Å². The van der Waals surface area contributed by atoms with Gasteiger partial charge in [0.15, 0.2) is 0 Å². The summed E-state index contributed by atoms with van der Waals surface area (Å²) in [5.41, 5.74) is 0. The molecule has 2 saturated heterocycles. The van der Waals surface area contributed by atoms with E-state index in [2.05, 4.69) is 46.0 Å². The molecular formula is C19H36Br2Cl2N4O2. The van der Waals surface area contributed by atoms with Crippen LogP contribution in [0.4, 0.5) is 0 Å². The molecule has 10 heteroatoms. The molecule has 0 unspecified atom stereocenters. The Kier molecular flexibility index (Phi) is 13.9. The van der Waals surface area contributed by atoms with Crippen molar-refractivity contribution in [3.05, 3.63) is 0 Å². The molecule has 2 amide bonds. The van der Waals surface area contributed by atoms with Crippen molar-refractivity contribution in [2.24, 2.45) is 0 Å². The lowest BCUT2D eigenvalue weighted by Crippen LogP contribution is -3.00. The molecule has 0 atom stereocenters. The van der Waals surface area contributed by atoms with Gasteiger partial charge in [0.25, 0.3) is 0 Å². The number of rotatable bonds is 8. The Labute approximate surface area is 205 Å². The lowest BCUT2D eigenvalue weighted by atomic mass is 10.2. The van der Waals surface area contributed by atoms with Crippen molar-refractivity contribution in [2.75, 3.05) is 90.2 Å². The van der Waals surface area contributed by atoms with Crippen LogP contribution in [0.25, 0.3) is 0 Å². The molecule has 0 saturated carbocycles. The van der Waals surface area contributed by atoms with Gasteiger partial charge >= 0.3 is 0 Å². The van der Waals surface area contributed by atoms with Gasteiger partial charge < -0.3 is 43.6 Å². The lowest BCUT2D eigenvalue weighted by molar-refractivity contribution is -0.931. The fraction of sp³-hybridized carbons (Fsp3) is 0.895. The number of hydrogen-bond donors (Lipinski definition) is 0. The molecule has 0 aliphatic carbocycles. The van der Waals surface area contributed by atoms with Crippen LogP contribution in [0, 0.1) is 0 Å². The molecule has 0 aromatic heterocycles. The molecule has 2 aliphatic rings. The fourth-order valence-electron chi connectivity index (χ4n) is 4.15. The van der Waals surface area contributed by atoms with E-state index in [0.29, 0.717) is 12.8 Å². The van der Waals surface area contributed by atoms with Gasteiger partial charge in [0, 0.05) is 29.9 Å². The van der Waals surface area contributed by atoms with Crippen molar-refractivity contribution in [2.45, 2.75) is 19.3 Å². The van der Waals surface area contributed by atoms with E-state index in [0.717, 1.165) is 72.0 Å². The van der Waals surface area contributed by atoms with Crippen LogP contribution in [0.3, 0.4) is 0 Å². The summed E-state index contributed by atoms with van der Waals surface area (Å²) >= 11 is 6.72. The number of nitrogens with zero attached hydrogens (tertiary/aromatic N) is 4. The van der Waals surface area contributed by atoms with E-state index in [-0.39, 0.29) is 36.6 Å². The highest BCUT2D eigenvalue weighted by molar-refractivity contribution is 9.09. The second-order valence-electron chi connectivity index (χ2n) is 8.57. The maximum Gasteiger partial charge on any atom is 0.223 e. The van der Waals surface area contributed by atoms with E-state index in [1.807, 2.05) is 9.80 Å². The maximum atomic E-state index is 12.0. The number of alkyl halides is 2. The predicted molar refractivity (Wildman–Crippen MR) is 116 cm³/mol. The molecule has 0 aromatic carbocycles. The Hall–Kier alpha value is 0.400. The zero-order valence-electron chi connectivity index (χ0n) is 17.7. The van der Waals surface area contributed by atoms with Crippen LogP contribution >= 0.6 is 31.9 Å². The minimum Gasteiger partial charge on any atom is -1.00 e. The molecule has 172 valence electrons. The first-order valence-electron chi connectivity index (χ1n) is 10.2. The zero-order valence-corrected chi connectivity index (χ0v) is 22.4. The van der Waals surface area contributed by atoms with Crippen LogP contribution in [0.15, 0.2) is 0 Å². The van der Waals surface area contributed by atoms with E-state index in [1.165, 1.54) is 19.5 Å². The third kappa shape index (κ3) is 9.19. The van der Waals surface area contributed by atoms with E-state index in [4.69, 9.17) is 0 Å². The smallest absolute Gasteiger partial charge is 0.223 e. The summed E-state index contributed by atoms with van der Waals surface area (Å²) < 4.78 is 2.15. The number of carbonyl (C=O) groups excluding carboxylic acids is 2. The third-order valence-corrected chi connectivity index (χ3v) is 7.15. The summed E-state index contributed by atoms with van der Waals surface area (Å²) in [6.07, 6.45) is 2.42. The van der Waals surface area contributed by atoms with Crippen LogP contribution in [-0.4, -0.2) is 121 Å². The van der Waals surface area contributed by atoms with Crippen LogP contribution in [0.2, 0.25) is 0 Å². The minimum absolute atomic E-state index is 0. The first-order chi connectivity index (χ1) is 12.8.